The summed E-state index contributed by atoms with van der Waals surface area (Å²) in [4.78, 5) is 23.4. The van der Waals surface area contributed by atoms with Gasteiger partial charge in [-0.05, 0) is 63.5 Å². The van der Waals surface area contributed by atoms with E-state index in [0.29, 0.717) is 48.3 Å². The molecule has 0 atom stereocenters. The third-order valence-corrected chi connectivity index (χ3v) is 6.69. The molecule has 8 nitrogen and oxygen atoms in total. The molecule has 1 fully saturated rings. The maximum absolute atomic E-state index is 14.0. The summed E-state index contributed by atoms with van der Waals surface area (Å²) in [6, 6.07) is 5.64. The standard InChI is InChI=1S/C25H30FN5O3/c1-17-20(26)16-28-21-3-4-23(32)31(24(17)21)8-2-7-30-9-5-19(6-10-30)27-14-18-13-22-25(29-15-18)34-12-11-33-22/h3-4,13,15-16,19,27H,2,5-12,14H2,1H3. The van der Waals surface area contributed by atoms with Crippen molar-refractivity contribution in [1.82, 2.24) is 24.8 Å². The van der Waals surface area contributed by atoms with Crippen molar-refractivity contribution in [3.8, 4) is 11.6 Å². The predicted octanol–water partition coefficient (Wildman–Crippen LogP) is 2.65. The van der Waals surface area contributed by atoms with Gasteiger partial charge in [0.15, 0.2) is 5.75 Å². The fourth-order valence-electron chi connectivity index (χ4n) is 4.77. The van der Waals surface area contributed by atoms with E-state index in [-0.39, 0.29) is 11.4 Å². The molecule has 3 aromatic heterocycles. The van der Waals surface area contributed by atoms with Gasteiger partial charge in [0.1, 0.15) is 19.0 Å². The maximum Gasteiger partial charge on any atom is 0.257 e. The number of likely N-dealkylation sites (tertiary alicyclic amines) is 1. The van der Waals surface area contributed by atoms with Gasteiger partial charge in [-0.2, -0.15) is 0 Å². The molecule has 0 amide bonds. The second-order valence-electron chi connectivity index (χ2n) is 8.98. The number of piperidine rings is 1. The minimum atomic E-state index is -0.381. The highest BCUT2D eigenvalue weighted by molar-refractivity contribution is 5.78. The van der Waals surface area contributed by atoms with Crippen molar-refractivity contribution in [1.29, 1.82) is 0 Å². The van der Waals surface area contributed by atoms with Gasteiger partial charge in [-0.25, -0.2) is 9.37 Å². The second-order valence-corrected chi connectivity index (χ2v) is 8.98. The number of ether oxygens (including phenoxy) is 2. The van der Waals surface area contributed by atoms with Crippen LogP contribution in [0.4, 0.5) is 4.39 Å². The number of hydrogen-bond acceptors (Lipinski definition) is 7. The number of halogens is 1. The average molecular weight is 468 g/mol. The van der Waals surface area contributed by atoms with Crippen LogP contribution in [0.25, 0.3) is 11.0 Å². The zero-order valence-corrected chi connectivity index (χ0v) is 19.4. The van der Waals surface area contributed by atoms with Crippen LogP contribution in [-0.2, 0) is 13.1 Å². The molecule has 180 valence electrons. The van der Waals surface area contributed by atoms with Gasteiger partial charge in [-0.3, -0.25) is 9.78 Å². The molecule has 0 saturated carbocycles. The molecule has 0 aliphatic carbocycles. The number of hydrogen-bond donors (Lipinski definition) is 1. The minimum Gasteiger partial charge on any atom is -0.484 e. The summed E-state index contributed by atoms with van der Waals surface area (Å²) in [5.41, 5.74) is 2.71. The molecule has 0 aromatic carbocycles. The van der Waals surface area contributed by atoms with Crippen LogP contribution >= 0.6 is 0 Å². The summed E-state index contributed by atoms with van der Waals surface area (Å²) < 4.78 is 26.8. The summed E-state index contributed by atoms with van der Waals surface area (Å²) in [6.45, 7) is 7.04. The summed E-state index contributed by atoms with van der Waals surface area (Å²) in [5, 5.41) is 3.64. The molecule has 9 heteroatoms. The molecule has 0 radical (unpaired) electrons. The number of aryl methyl sites for hydroxylation is 2. The zero-order valence-electron chi connectivity index (χ0n) is 19.4. The van der Waals surface area contributed by atoms with Crippen LogP contribution in [0.15, 0.2) is 35.4 Å². The van der Waals surface area contributed by atoms with Crippen molar-refractivity contribution in [2.75, 3.05) is 32.8 Å². The van der Waals surface area contributed by atoms with Crippen LogP contribution < -0.4 is 20.3 Å². The molecule has 1 saturated heterocycles. The van der Waals surface area contributed by atoms with E-state index in [1.165, 1.54) is 12.3 Å². The highest BCUT2D eigenvalue weighted by atomic mass is 19.1. The molecule has 2 aliphatic rings. The highest BCUT2D eigenvalue weighted by Gasteiger charge is 2.20. The lowest BCUT2D eigenvalue weighted by Gasteiger charge is -2.32. The van der Waals surface area contributed by atoms with Gasteiger partial charge in [0, 0.05) is 37.0 Å². The molecule has 34 heavy (non-hydrogen) atoms. The van der Waals surface area contributed by atoms with Crippen LogP contribution in [0.2, 0.25) is 0 Å². The third-order valence-electron chi connectivity index (χ3n) is 6.69. The number of nitrogens with one attached hydrogen (secondary N) is 1. The smallest absolute Gasteiger partial charge is 0.257 e. The molecule has 5 heterocycles. The molecular weight excluding hydrogens is 437 g/mol. The van der Waals surface area contributed by atoms with Gasteiger partial charge in [0.25, 0.3) is 11.4 Å². The van der Waals surface area contributed by atoms with Gasteiger partial charge in [0.2, 0.25) is 0 Å². The molecule has 0 unspecified atom stereocenters. The van der Waals surface area contributed by atoms with E-state index in [9.17, 15) is 9.18 Å². The van der Waals surface area contributed by atoms with Crippen molar-refractivity contribution >= 4 is 11.0 Å². The Kier molecular flexibility index (Phi) is 6.73. The summed E-state index contributed by atoms with van der Waals surface area (Å²) in [6.07, 6.45) is 6.03. The second kappa shape index (κ2) is 10.1. The number of fused-ring (bicyclic) bond motifs is 2. The Morgan fingerprint density at radius 1 is 1.12 bits per heavy atom. The number of rotatable bonds is 7. The molecule has 1 N–H and O–H groups in total. The summed E-state index contributed by atoms with van der Waals surface area (Å²) in [7, 11) is 0. The Morgan fingerprint density at radius 2 is 1.94 bits per heavy atom. The topological polar surface area (TPSA) is 81.5 Å². The molecule has 5 rings (SSSR count). The van der Waals surface area contributed by atoms with Crippen LogP contribution in [-0.4, -0.2) is 58.3 Å². The Balaban J connectivity index is 1.10. The zero-order chi connectivity index (χ0) is 23.5. The van der Waals surface area contributed by atoms with E-state index in [2.05, 4.69) is 20.2 Å². The van der Waals surface area contributed by atoms with Crippen LogP contribution in [0.5, 0.6) is 11.6 Å². The Bertz CT molecular complexity index is 1220. The average Bonchev–Trinajstić information content (AvgIpc) is 2.87. The lowest BCUT2D eigenvalue weighted by molar-refractivity contribution is 0.164. The molecule has 0 bridgehead atoms. The molecular formula is C25H30FN5O3. The number of aromatic nitrogens is 3. The van der Waals surface area contributed by atoms with Crippen molar-refractivity contribution in [3.63, 3.8) is 0 Å². The first-order valence-corrected chi connectivity index (χ1v) is 11.9. The summed E-state index contributed by atoms with van der Waals surface area (Å²) >= 11 is 0. The lowest BCUT2D eigenvalue weighted by atomic mass is 10.0. The fraction of sp³-hybridized carbons (Fsp3) is 0.480. The van der Waals surface area contributed by atoms with Gasteiger partial charge >= 0.3 is 0 Å². The van der Waals surface area contributed by atoms with Crippen LogP contribution in [0.1, 0.15) is 30.4 Å². The largest absolute Gasteiger partial charge is 0.484 e. The third kappa shape index (κ3) is 4.90. The fourth-order valence-corrected chi connectivity index (χ4v) is 4.77. The first kappa shape index (κ1) is 22.7. The van der Waals surface area contributed by atoms with Crippen molar-refractivity contribution < 1.29 is 13.9 Å². The van der Waals surface area contributed by atoms with Gasteiger partial charge < -0.3 is 24.3 Å². The van der Waals surface area contributed by atoms with Gasteiger partial charge in [0.05, 0.1) is 17.2 Å². The predicted molar refractivity (Wildman–Crippen MR) is 127 cm³/mol. The van der Waals surface area contributed by atoms with Crippen molar-refractivity contribution in [2.24, 2.45) is 0 Å². The van der Waals surface area contributed by atoms with E-state index in [4.69, 9.17) is 9.47 Å². The highest BCUT2D eigenvalue weighted by Crippen LogP contribution is 2.28. The van der Waals surface area contributed by atoms with Crippen molar-refractivity contribution in [3.05, 3.63) is 57.9 Å². The van der Waals surface area contributed by atoms with Crippen molar-refractivity contribution in [2.45, 2.75) is 45.3 Å². The minimum absolute atomic E-state index is 0.112. The first-order valence-electron chi connectivity index (χ1n) is 11.9. The van der Waals surface area contributed by atoms with E-state index < -0.39 is 0 Å². The maximum atomic E-state index is 14.0. The normalized spacial score (nSPS) is 16.8. The number of nitrogens with zero attached hydrogens (tertiary/aromatic N) is 4. The van der Waals surface area contributed by atoms with E-state index >= 15 is 0 Å². The molecule has 0 spiro atoms. The Hall–Kier alpha value is -3.04. The monoisotopic (exact) mass is 467 g/mol. The van der Waals surface area contributed by atoms with Gasteiger partial charge in [-0.15, -0.1) is 0 Å². The van der Waals surface area contributed by atoms with E-state index in [1.54, 1.807) is 17.6 Å². The quantitative estimate of drug-likeness (QED) is 0.572. The van der Waals surface area contributed by atoms with Crippen LogP contribution in [0.3, 0.4) is 0 Å². The van der Waals surface area contributed by atoms with Gasteiger partial charge in [-0.1, -0.05) is 0 Å². The molecule has 2 aliphatic heterocycles. The lowest BCUT2D eigenvalue weighted by Crippen LogP contribution is -2.42. The van der Waals surface area contributed by atoms with Crippen LogP contribution in [0, 0.1) is 12.7 Å². The molecule has 3 aromatic rings. The number of pyridine rings is 3. The van der Waals surface area contributed by atoms with E-state index in [1.807, 2.05) is 12.3 Å². The Morgan fingerprint density at radius 3 is 2.79 bits per heavy atom. The Labute approximate surface area is 197 Å². The van der Waals surface area contributed by atoms with E-state index in [0.717, 1.165) is 56.8 Å². The first-order chi connectivity index (χ1) is 16.6. The summed E-state index contributed by atoms with van der Waals surface area (Å²) in [5.74, 6) is 0.915. The SMILES string of the molecule is Cc1c(F)cnc2ccc(=O)n(CCCN3CCC(NCc4cnc5c(c4)OCCO5)CC3)c12.